The SMILES string of the molecule is C=CCC[C@H](N)c1c(Br)ccc(F)c1O. The molecule has 1 atom stereocenters. The van der Waals surface area contributed by atoms with Crippen LogP contribution in [-0.4, -0.2) is 5.11 Å². The standard InChI is InChI=1S/C11H13BrFNO/c1-2-3-4-9(14)10-7(12)5-6-8(13)11(10)15/h2,5-6,9,15H,1,3-4,14H2/t9-/m0/s1. The molecule has 0 unspecified atom stereocenters. The average Bonchev–Trinajstić information content (AvgIpc) is 2.21. The number of benzene rings is 1. The number of phenols is 1. The van der Waals surface area contributed by atoms with E-state index in [2.05, 4.69) is 22.5 Å². The third kappa shape index (κ3) is 2.79. The second-order valence-electron chi connectivity index (χ2n) is 3.26. The zero-order chi connectivity index (χ0) is 11.4. The Labute approximate surface area is 96.7 Å². The molecule has 0 saturated heterocycles. The van der Waals surface area contributed by atoms with Gasteiger partial charge in [-0.05, 0) is 25.0 Å². The van der Waals surface area contributed by atoms with Gasteiger partial charge in [0.15, 0.2) is 11.6 Å². The summed E-state index contributed by atoms with van der Waals surface area (Å²) in [5.41, 5.74) is 6.26. The molecule has 1 aromatic carbocycles. The van der Waals surface area contributed by atoms with Crippen molar-refractivity contribution in [2.75, 3.05) is 0 Å². The van der Waals surface area contributed by atoms with E-state index < -0.39 is 11.9 Å². The van der Waals surface area contributed by atoms with Crippen molar-refractivity contribution in [1.29, 1.82) is 0 Å². The first-order valence-electron chi connectivity index (χ1n) is 4.61. The van der Waals surface area contributed by atoms with Gasteiger partial charge < -0.3 is 10.8 Å². The fourth-order valence-corrected chi connectivity index (χ4v) is 1.97. The van der Waals surface area contributed by atoms with Crippen LogP contribution in [-0.2, 0) is 0 Å². The Morgan fingerprint density at radius 1 is 1.60 bits per heavy atom. The van der Waals surface area contributed by atoms with Crippen LogP contribution in [0.5, 0.6) is 5.75 Å². The molecule has 0 aliphatic rings. The molecule has 15 heavy (non-hydrogen) atoms. The van der Waals surface area contributed by atoms with Crippen molar-refractivity contribution in [2.45, 2.75) is 18.9 Å². The first kappa shape index (κ1) is 12.2. The van der Waals surface area contributed by atoms with Gasteiger partial charge in [0, 0.05) is 16.1 Å². The summed E-state index contributed by atoms with van der Waals surface area (Å²) in [6.45, 7) is 3.58. The van der Waals surface area contributed by atoms with Gasteiger partial charge >= 0.3 is 0 Å². The van der Waals surface area contributed by atoms with Crippen LogP contribution in [0.1, 0.15) is 24.4 Å². The lowest BCUT2D eigenvalue weighted by molar-refractivity contribution is 0.418. The molecule has 0 bridgehead atoms. The highest BCUT2D eigenvalue weighted by Gasteiger charge is 2.17. The number of rotatable bonds is 4. The van der Waals surface area contributed by atoms with Gasteiger partial charge in [0.1, 0.15) is 0 Å². The number of hydrogen-bond acceptors (Lipinski definition) is 2. The van der Waals surface area contributed by atoms with Gasteiger partial charge in [-0.2, -0.15) is 0 Å². The number of hydrogen-bond donors (Lipinski definition) is 2. The van der Waals surface area contributed by atoms with Crippen LogP contribution in [0.4, 0.5) is 4.39 Å². The lowest BCUT2D eigenvalue weighted by Gasteiger charge is -2.14. The average molecular weight is 274 g/mol. The molecule has 0 saturated carbocycles. The van der Waals surface area contributed by atoms with Gasteiger partial charge in [-0.3, -0.25) is 0 Å². The molecule has 0 aromatic heterocycles. The molecule has 0 aliphatic heterocycles. The van der Waals surface area contributed by atoms with Crippen molar-refractivity contribution in [2.24, 2.45) is 5.73 Å². The van der Waals surface area contributed by atoms with Crippen molar-refractivity contribution < 1.29 is 9.50 Å². The second kappa shape index (κ2) is 5.28. The number of aromatic hydroxyl groups is 1. The molecule has 0 amide bonds. The highest BCUT2D eigenvalue weighted by molar-refractivity contribution is 9.10. The van der Waals surface area contributed by atoms with Crippen LogP contribution >= 0.6 is 15.9 Å². The molecule has 1 aromatic rings. The van der Waals surface area contributed by atoms with E-state index in [1.165, 1.54) is 12.1 Å². The van der Waals surface area contributed by atoms with Crippen LogP contribution in [0.2, 0.25) is 0 Å². The maximum atomic E-state index is 13.1. The Kier molecular flexibility index (Phi) is 4.29. The van der Waals surface area contributed by atoms with Gasteiger partial charge in [-0.1, -0.05) is 22.0 Å². The monoisotopic (exact) mass is 273 g/mol. The van der Waals surface area contributed by atoms with Gasteiger partial charge in [-0.25, -0.2) is 4.39 Å². The molecule has 2 nitrogen and oxygen atoms in total. The summed E-state index contributed by atoms with van der Waals surface area (Å²) in [4.78, 5) is 0. The van der Waals surface area contributed by atoms with Crippen LogP contribution in [0, 0.1) is 5.82 Å². The van der Waals surface area contributed by atoms with E-state index in [-0.39, 0.29) is 5.75 Å². The summed E-state index contributed by atoms with van der Waals surface area (Å²) in [6, 6.07) is 2.34. The van der Waals surface area contributed by atoms with E-state index in [4.69, 9.17) is 5.73 Å². The normalized spacial score (nSPS) is 12.5. The largest absolute Gasteiger partial charge is 0.505 e. The van der Waals surface area contributed by atoms with E-state index in [0.29, 0.717) is 16.5 Å². The summed E-state index contributed by atoms with van der Waals surface area (Å²) in [6.07, 6.45) is 3.09. The molecule has 0 aliphatic carbocycles. The minimum absolute atomic E-state index is 0.374. The zero-order valence-electron chi connectivity index (χ0n) is 8.21. The van der Waals surface area contributed by atoms with E-state index in [1.807, 2.05) is 0 Å². The highest BCUT2D eigenvalue weighted by Crippen LogP contribution is 2.34. The van der Waals surface area contributed by atoms with E-state index in [1.54, 1.807) is 6.08 Å². The van der Waals surface area contributed by atoms with Gasteiger partial charge in [0.05, 0.1) is 0 Å². The Hall–Kier alpha value is -0.870. The summed E-state index contributed by atoms with van der Waals surface area (Å²) < 4.78 is 13.7. The minimum Gasteiger partial charge on any atom is -0.505 e. The smallest absolute Gasteiger partial charge is 0.165 e. The maximum Gasteiger partial charge on any atom is 0.165 e. The highest BCUT2D eigenvalue weighted by atomic mass is 79.9. The van der Waals surface area contributed by atoms with Crippen molar-refractivity contribution in [3.8, 4) is 5.75 Å². The van der Waals surface area contributed by atoms with Crippen molar-refractivity contribution >= 4 is 15.9 Å². The third-order valence-corrected chi connectivity index (χ3v) is 2.86. The first-order chi connectivity index (χ1) is 7.07. The minimum atomic E-state index is -0.651. The summed E-state index contributed by atoms with van der Waals surface area (Å²) in [5, 5.41) is 9.54. The molecule has 0 radical (unpaired) electrons. The Balaban J connectivity index is 3.01. The van der Waals surface area contributed by atoms with Gasteiger partial charge in [0.2, 0.25) is 0 Å². The molecule has 3 N–H and O–H groups in total. The van der Waals surface area contributed by atoms with Crippen molar-refractivity contribution in [1.82, 2.24) is 0 Å². The lowest BCUT2D eigenvalue weighted by atomic mass is 10.0. The third-order valence-electron chi connectivity index (χ3n) is 2.17. The first-order valence-corrected chi connectivity index (χ1v) is 5.40. The van der Waals surface area contributed by atoms with Crippen LogP contribution in [0.15, 0.2) is 29.3 Å². The molecule has 82 valence electrons. The van der Waals surface area contributed by atoms with Crippen LogP contribution in [0.3, 0.4) is 0 Å². The topological polar surface area (TPSA) is 46.2 Å². The molecule has 0 fully saturated rings. The van der Waals surface area contributed by atoms with E-state index in [9.17, 15) is 9.50 Å². The quantitative estimate of drug-likeness (QED) is 0.828. The number of nitrogens with two attached hydrogens (primary N) is 1. The number of phenolic OH excluding ortho intramolecular Hbond substituents is 1. The second-order valence-corrected chi connectivity index (χ2v) is 4.12. The predicted octanol–water partition coefficient (Wildman–Crippen LogP) is 3.26. The Bertz CT molecular complexity index is 368. The molecule has 0 spiro atoms. The Morgan fingerprint density at radius 3 is 2.87 bits per heavy atom. The lowest BCUT2D eigenvalue weighted by Crippen LogP contribution is -2.11. The number of allylic oxidation sites excluding steroid dienone is 1. The fourth-order valence-electron chi connectivity index (χ4n) is 1.35. The van der Waals surface area contributed by atoms with E-state index in [0.717, 1.165) is 6.42 Å². The molecule has 4 heteroatoms. The summed E-state index contributed by atoms with van der Waals surface area (Å²) in [7, 11) is 0. The van der Waals surface area contributed by atoms with Crippen LogP contribution < -0.4 is 5.73 Å². The number of halogens is 2. The van der Waals surface area contributed by atoms with Gasteiger partial charge in [0.25, 0.3) is 0 Å². The Morgan fingerprint density at radius 2 is 2.27 bits per heavy atom. The molecular weight excluding hydrogens is 261 g/mol. The summed E-state index contributed by atoms with van der Waals surface area (Å²) >= 11 is 3.24. The summed E-state index contributed by atoms with van der Waals surface area (Å²) in [5.74, 6) is -1.02. The van der Waals surface area contributed by atoms with Crippen LogP contribution in [0.25, 0.3) is 0 Å². The van der Waals surface area contributed by atoms with Crippen molar-refractivity contribution in [3.05, 3.63) is 40.6 Å². The zero-order valence-corrected chi connectivity index (χ0v) is 9.80. The molecule has 1 rings (SSSR count). The predicted molar refractivity (Wildman–Crippen MR) is 62.1 cm³/mol. The maximum absolute atomic E-state index is 13.1. The van der Waals surface area contributed by atoms with E-state index >= 15 is 0 Å². The fraction of sp³-hybridized carbons (Fsp3) is 0.273. The molecule has 0 heterocycles. The molecular formula is C11H13BrFNO. The van der Waals surface area contributed by atoms with Crippen molar-refractivity contribution in [3.63, 3.8) is 0 Å². The van der Waals surface area contributed by atoms with Gasteiger partial charge in [-0.15, -0.1) is 6.58 Å².